The fourth-order valence-electron chi connectivity index (χ4n) is 3.33. The molecule has 1 aliphatic rings. The lowest BCUT2D eigenvalue weighted by atomic mass is 10.2. The lowest BCUT2D eigenvalue weighted by Gasteiger charge is -2.37. The number of carbonyl (C=O) groups excluding carboxylic acids is 2. The van der Waals surface area contributed by atoms with E-state index in [9.17, 15) is 24.8 Å². The SMILES string of the molecule is O=C(C=Cc1ccccc1)NC(CO)C(=O)N1CCN(c2ccc([N+](=O)[O-])cc2)CC1. The van der Waals surface area contributed by atoms with Gasteiger partial charge in [-0.1, -0.05) is 30.3 Å². The molecule has 0 spiro atoms. The first-order valence-corrected chi connectivity index (χ1v) is 9.90. The third-order valence-electron chi connectivity index (χ3n) is 5.04. The number of nitrogens with one attached hydrogen (secondary N) is 1. The van der Waals surface area contributed by atoms with E-state index >= 15 is 0 Å². The van der Waals surface area contributed by atoms with Gasteiger partial charge in [0.1, 0.15) is 6.04 Å². The number of benzene rings is 2. The summed E-state index contributed by atoms with van der Waals surface area (Å²) >= 11 is 0. The molecule has 9 heteroatoms. The van der Waals surface area contributed by atoms with Gasteiger partial charge in [-0.15, -0.1) is 0 Å². The van der Waals surface area contributed by atoms with E-state index in [0.29, 0.717) is 26.2 Å². The molecular formula is C22H24N4O5. The van der Waals surface area contributed by atoms with Crippen molar-refractivity contribution in [3.63, 3.8) is 0 Å². The molecule has 2 aromatic rings. The van der Waals surface area contributed by atoms with Gasteiger partial charge in [-0.25, -0.2) is 0 Å². The molecule has 1 fully saturated rings. The number of non-ortho nitro benzene ring substituents is 1. The van der Waals surface area contributed by atoms with E-state index in [1.54, 1.807) is 23.1 Å². The highest BCUT2D eigenvalue weighted by Crippen LogP contribution is 2.20. The van der Waals surface area contributed by atoms with Crippen molar-refractivity contribution in [2.75, 3.05) is 37.7 Å². The summed E-state index contributed by atoms with van der Waals surface area (Å²) in [6.07, 6.45) is 2.97. The first-order valence-electron chi connectivity index (χ1n) is 9.90. The number of piperazine rings is 1. The number of amides is 2. The van der Waals surface area contributed by atoms with E-state index in [4.69, 9.17) is 0 Å². The Kier molecular flexibility index (Phi) is 7.34. The van der Waals surface area contributed by atoms with Crippen LogP contribution < -0.4 is 10.2 Å². The first kappa shape index (κ1) is 22.0. The third kappa shape index (κ3) is 5.89. The van der Waals surface area contributed by atoms with E-state index in [-0.39, 0.29) is 11.6 Å². The van der Waals surface area contributed by atoms with Gasteiger partial charge in [0.25, 0.3) is 5.69 Å². The number of hydrogen-bond acceptors (Lipinski definition) is 6. The van der Waals surface area contributed by atoms with Crippen molar-refractivity contribution in [1.82, 2.24) is 10.2 Å². The van der Waals surface area contributed by atoms with Crippen molar-refractivity contribution in [2.45, 2.75) is 6.04 Å². The van der Waals surface area contributed by atoms with Crippen LogP contribution in [-0.4, -0.2) is 65.6 Å². The second kappa shape index (κ2) is 10.4. The van der Waals surface area contributed by atoms with Gasteiger partial charge >= 0.3 is 0 Å². The maximum absolute atomic E-state index is 12.7. The molecule has 162 valence electrons. The molecule has 1 atom stereocenters. The zero-order valence-corrected chi connectivity index (χ0v) is 16.9. The summed E-state index contributed by atoms with van der Waals surface area (Å²) in [6.45, 7) is 1.43. The number of nitrogens with zero attached hydrogens (tertiary/aromatic N) is 3. The molecule has 0 aromatic heterocycles. The number of anilines is 1. The number of carbonyl (C=O) groups is 2. The van der Waals surface area contributed by atoms with Crippen LogP contribution in [0.15, 0.2) is 60.7 Å². The van der Waals surface area contributed by atoms with Crippen molar-refractivity contribution < 1.29 is 19.6 Å². The second-order valence-corrected chi connectivity index (χ2v) is 7.07. The lowest BCUT2D eigenvalue weighted by molar-refractivity contribution is -0.384. The Morgan fingerprint density at radius 2 is 1.71 bits per heavy atom. The molecule has 9 nitrogen and oxygen atoms in total. The number of rotatable bonds is 7. The highest BCUT2D eigenvalue weighted by molar-refractivity contribution is 5.95. The van der Waals surface area contributed by atoms with Crippen molar-refractivity contribution in [1.29, 1.82) is 0 Å². The predicted molar refractivity (Wildman–Crippen MR) is 116 cm³/mol. The van der Waals surface area contributed by atoms with Crippen LogP contribution in [0.5, 0.6) is 0 Å². The summed E-state index contributed by atoms with van der Waals surface area (Å²) < 4.78 is 0. The zero-order valence-electron chi connectivity index (χ0n) is 16.9. The smallest absolute Gasteiger partial charge is 0.269 e. The largest absolute Gasteiger partial charge is 0.394 e. The minimum atomic E-state index is -1.01. The Hall–Kier alpha value is -3.72. The molecule has 0 radical (unpaired) electrons. The van der Waals surface area contributed by atoms with Gasteiger partial charge in [-0.05, 0) is 23.8 Å². The van der Waals surface area contributed by atoms with Crippen LogP contribution in [-0.2, 0) is 9.59 Å². The molecule has 3 rings (SSSR count). The summed E-state index contributed by atoms with van der Waals surface area (Å²) in [6, 6.07) is 14.5. The number of aliphatic hydroxyl groups is 1. The summed E-state index contributed by atoms with van der Waals surface area (Å²) in [4.78, 5) is 38.9. The normalized spacial score (nSPS) is 15.0. The van der Waals surface area contributed by atoms with Crippen LogP contribution >= 0.6 is 0 Å². The van der Waals surface area contributed by atoms with Crippen LogP contribution in [0.3, 0.4) is 0 Å². The van der Waals surface area contributed by atoms with Crippen molar-refractivity contribution in [3.05, 3.63) is 76.4 Å². The highest BCUT2D eigenvalue weighted by atomic mass is 16.6. The minimum absolute atomic E-state index is 0.0282. The van der Waals surface area contributed by atoms with Gasteiger partial charge < -0.3 is 20.2 Å². The molecule has 2 N–H and O–H groups in total. The predicted octanol–water partition coefficient (Wildman–Crippen LogP) is 1.43. The molecule has 1 unspecified atom stereocenters. The Balaban J connectivity index is 1.52. The van der Waals surface area contributed by atoms with Gasteiger partial charge in [0.05, 0.1) is 11.5 Å². The van der Waals surface area contributed by atoms with Crippen molar-refractivity contribution in [3.8, 4) is 0 Å². The standard InChI is InChI=1S/C22H24N4O5/c27-16-20(23-21(28)11-6-17-4-2-1-3-5-17)22(29)25-14-12-24(13-15-25)18-7-9-19(10-8-18)26(30)31/h1-11,20,27H,12-16H2,(H,23,28). The van der Waals surface area contributed by atoms with Gasteiger partial charge in [0, 0.05) is 50.1 Å². The second-order valence-electron chi connectivity index (χ2n) is 7.07. The topological polar surface area (TPSA) is 116 Å². The lowest BCUT2D eigenvalue weighted by Crippen LogP contribution is -2.56. The molecule has 2 amide bonds. The number of nitro benzene ring substituents is 1. The summed E-state index contributed by atoms with van der Waals surface area (Å²) in [5.74, 6) is -0.798. The number of hydrogen-bond donors (Lipinski definition) is 2. The van der Waals surface area contributed by atoms with E-state index in [2.05, 4.69) is 5.32 Å². The Bertz CT molecular complexity index is 938. The summed E-state index contributed by atoms with van der Waals surface area (Å²) in [7, 11) is 0. The molecule has 31 heavy (non-hydrogen) atoms. The summed E-state index contributed by atoms with van der Waals surface area (Å²) in [5, 5.41) is 22.9. The molecule has 0 bridgehead atoms. The van der Waals surface area contributed by atoms with Crippen LogP contribution in [0.4, 0.5) is 11.4 Å². The Morgan fingerprint density at radius 1 is 1.06 bits per heavy atom. The van der Waals surface area contributed by atoms with Crippen LogP contribution in [0.25, 0.3) is 6.08 Å². The Labute approximate surface area is 179 Å². The van der Waals surface area contributed by atoms with Gasteiger partial charge in [0.2, 0.25) is 11.8 Å². The average Bonchev–Trinajstić information content (AvgIpc) is 2.81. The zero-order chi connectivity index (χ0) is 22.2. The monoisotopic (exact) mass is 424 g/mol. The van der Waals surface area contributed by atoms with Crippen LogP contribution in [0, 0.1) is 10.1 Å². The maximum Gasteiger partial charge on any atom is 0.269 e. The summed E-state index contributed by atoms with van der Waals surface area (Å²) in [5.41, 5.74) is 1.73. The molecule has 1 heterocycles. The van der Waals surface area contributed by atoms with E-state index in [0.717, 1.165) is 11.3 Å². The minimum Gasteiger partial charge on any atom is -0.394 e. The van der Waals surface area contributed by atoms with E-state index in [1.165, 1.54) is 18.2 Å². The first-order chi connectivity index (χ1) is 15.0. The number of nitro groups is 1. The van der Waals surface area contributed by atoms with E-state index < -0.39 is 23.5 Å². The molecule has 1 aliphatic heterocycles. The van der Waals surface area contributed by atoms with Gasteiger partial charge in [-0.2, -0.15) is 0 Å². The average molecular weight is 424 g/mol. The van der Waals surface area contributed by atoms with Gasteiger partial charge in [0.15, 0.2) is 0 Å². The molecule has 2 aromatic carbocycles. The highest BCUT2D eigenvalue weighted by Gasteiger charge is 2.28. The maximum atomic E-state index is 12.7. The fourth-order valence-corrected chi connectivity index (χ4v) is 3.33. The van der Waals surface area contributed by atoms with Crippen LogP contribution in [0.2, 0.25) is 0 Å². The third-order valence-corrected chi connectivity index (χ3v) is 5.04. The molecule has 0 saturated carbocycles. The quantitative estimate of drug-likeness (QED) is 0.395. The molecule has 1 saturated heterocycles. The van der Waals surface area contributed by atoms with Crippen molar-refractivity contribution >= 4 is 29.3 Å². The van der Waals surface area contributed by atoms with Gasteiger partial charge in [-0.3, -0.25) is 19.7 Å². The molecular weight excluding hydrogens is 400 g/mol. The fraction of sp³-hybridized carbons (Fsp3) is 0.273. The van der Waals surface area contributed by atoms with Crippen molar-refractivity contribution in [2.24, 2.45) is 0 Å². The Morgan fingerprint density at radius 3 is 2.29 bits per heavy atom. The van der Waals surface area contributed by atoms with Crippen LogP contribution in [0.1, 0.15) is 5.56 Å². The number of aliphatic hydroxyl groups excluding tert-OH is 1. The molecule has 0 aliphatic carbocycles. The van der Waals surface area contributed by atoms with E-state index in [1.807, 2.05) is 35.2 Å².